The second-order valence-electron chi connectivity index (χ2n) is 12.2. The maximum Gasteiger partial charge on any atom is 0.335 e. The number of hydrogen-bond acceptors (Lipinski definition) is 9. The number of thiazole rings is 1. The van der Waals surface area contributed by atoms with Crippen LogP contribution in [0.15, 0.2) is 48.0 Å². The van der Waals surface area contributed by atoms with Crippen LogP contribution in [-0.4, -0.2) is 79.1 Å². The number of amides is 2. The van der Waals surface area contributed by atoms with E-state index in [2.05, 4.69) is 33.1 Å². The summed E-state index contributed by atoms with van der Waals surface area (Å²) in [6.07, 6.45) is 9.59. The number of methoxy groups -OCH3 is 1. The monoisotopic (exact) mass is 633 g/mol. The molecule has 2 saturated heterocycles. The predicted octanol–water partition coefficient (Wildman–Crippen LogP) is 4.41. The first-order valence-corrected chi connectivity index (χ1v) is 17.0. The molecule has 2 unspecified atom stereocenters. The fraction of sp³-hybridized carbons (Fsp3) is 0.515. The van der Waals surface area contributed by atoms with Crippen molar-refractivity contribution in [2.24, 2.45) is 5.92 Å². The van der Waals surface area contributed by atoms with Crippen molar-refractivity contribution in [3.05, 3.63) is 64.4 Å². The second kappa shape index (κ2) is 14.7. The Morgan fingerprint density at radius 3 is 2.64 bits per heavy atom. The second-order valence-corrected chi connectivity index (χ2v) is 13.1. The number of benzene rings is 1. The van der Waals surface area contributed by atoms with Crippen LogP contribution in [0.25, 0.3) is 11.3 Å². The fourth-order valence-electron chi connectivity index (χ4n) is 7.05. The number of carbonyl (C=O) groups is 2. The molecular weight excluding hydrogens is 590 g/mol. The highest BCUT2D eigenvalue weighted by molar-refractivity contribution is 7.14. The van der Waals surface area contributed by atoms with Crippen molar-refractivity contribution in [2.75, 3.05) is 51.7 Å². The van der Waals surface area contributed by atoms with Gasteiger partial charge in [0, 0.05) is 49.3 Å². The van der Waals surface area contributed by atoms with E-state index >= 15 is 0 Å². The van der Waals surface area contributed by atoms with Crippen LogP contribution in [0.2, 0.25) is 0 Å². The van der Waals surface area contributed by atoms with Gasteiger partial charge in [0.1, 0.15) is 5.75 Å². The number of Topliss-reactive ketones (excluding diaryl/α,β-unsaturated/α-hetero) is 1. The van der Waals surface area contributed by atoms with Crippen molar-refractivity contribution in [1.82, 2.24) is 25.6 Å². The molecular formula is C33H43N7O4S. The maximum absolute atomic E-state index is 13.7. The third-order valence-corrected chi connectivity index (χ3v) is 10.2. The number of ether oxygens (including phenoxy) is 1. The van der Waals surface area contributed by atoms with Crippen molar-refractivity contribution in [1.29, 1.82) is 0 Å². The minimum absolute atomic E-state index is 0.121. The number of hydrogen-bond donors (Lipinski definition) is 3. The van der Waals surface area contributed by atoms with E-state index in [9.17, 15) is 14.8 Å². The summed E-state index contributed by atoms with van der Waals surface area (Å²) < 4.78 is 6.32. The average molecular weight is 634 g/mol. The molecule has 0 radical (unpaired) electrons. The Balaban J connectivity index is 1.06. The summed E-state index contributed by atoms with van der Waals surface area (Å²) in [5.74, 6) is 1.32. The van der Waals surface area contributed by atoms with E-state index in [1.807, 2.05) is 16.5 Å². The van der Waals surface area contributed by atoms with Gasteiger partial charge < -0.3 is 15.3 Å². The number of nitrogens with one attached hydrogen (secondary N) is 3. The molecule has 0 bridgehead atoms. The number of urea groups is 1. The van der Waals surface area contributed by atoms with Gasteiger partial charge in [-0.1, -0.05) is 25.3 Å². The Labute approximate surface area is 268 Å². The van der Waals surface area contributed by atoms with E-state index < -0.39 is 6.04 Å². The highest BCUT2D eigenvalue weighted by Gasteiger charge is 2.39. The van der Waals surface area contributed by atoms with Gasteiger partial charge in [0.25, 0.3) is 5.69 Å². The number of carbonyl (C=O) groups excluding carboxylic acids is 2. The zero-order chi connectivity index (χ0) is 31.2. The molecule has 2 aromatic heterocycles. The van der Waals surface area contributed by atoms with Gasteiger partial charge in [-0.05, 0) is 74.4 Å². The van der Waals surface area contributed by atoms with Gasteiger partial charge in [0.15, 0.2) is 11.3 Å². The molecule has 0 spiro atoms. The van der Waals surface area contributed by atoms with Crippen LogP contribution >= 0.6 is 11.3 Å². The maximum atomic E-state index is 13.7. The Hall–Kier alpha value is -3.58. The van der Waals surface area contributed by atoms with Crippen LogP contribution in [0.5, 0.6) is 5.75 Å². The van der Waals surface area contributed by atoms with E-state index in [-0.39, 0.29) is 23.4 Å². The van der Waals surface area contributed by atoms with Crippen molar-refractivity contribution in [2.45, 2.75) is 56.9 Å². The van der Waals surface area contributed by atoms with Gasteiger partial charge in [0.2, 0.25) is 5.78 Å². The van der Waals surface area contributed by atoms with Crippen LogP contribution in [0.4, 0.5) is 9.93 Å². The molecule has 4 heterocycles. The van der Waals surface area contributed by atoms with Crippen molar-refractivity contribution in [3.63, 3.8) is 0 Å². The topological polar surface area (TPSA) is 126 Å². The number of aromatic nitrogens is 2. The van der Waals surface area contributed by atoms with Gasteiger partial charge >= 0.3 is 6.03 Å². The lowest BCUT2D eigenvalue weighted by atomic mass is 9.83. The summed E-state index contributed by atoms with van der Waals surface area (Å²) in [6, 6.07) is 10.6. The molecule has 2 atom stereocenters. The lowest BCUT2D eigenvalue weighted by Crippen LogP contribution is -2.60. The lowest BCUT2D eigenvalue weighted by Gasteiger charge is -2.42. The number of ketones is 1. The molecule has 3 fully saturated rings. The van der Waals surface area contributed by atoms with Crippen LogP contribution < -0.4 is 25.5 Å². The van der Waals surface area contributed by atoms with Crippen LogP contribution in [0.1, 0.15) is 66.9 Å². The molecule has 45 heavy (non-hydrogen) atoms. The van der Waals surface area contributed by atoms with E-state index in [0.717, 1.165) is 42.9 Å². The average Bonchev–Trinajstić information content (AvgIpc) is 3.54. The van der Waals surface area contributed by atoms with E-state index in [1.165, 1.54) is 55.2 Å². The highest BCUT2D eigenvalue weighted by Crippen LogP contribution is 2.38. The Bertz CT molecular complexity index is 1460. The van der Waals surface area contributed by atoms with E-state index in [4.69, 9.17) is 9.72 Å². The summed E-state index contributed by atoms with van der Waals surface area (Å²) in [6.45, 7) is 3.98. The van der Waals surface area contributed by atoms with Gasteiger partial charge in [-0.3, -0.25) is 20.4 Å². The Kier molecular flexibility index (Phi) is 10.2. The summed E-state index contributed by atoms with van der Waals surface area (Å²) in [4.78, 5) is 33.5. The quantitative estimate of drug-likeness (QED) is 0.180. The minimum Gasteiger partial charge on any atom is -0.618 e. The fourth-order valence-corrected chi connectivity index (χ4v) is 7.75. The van der Waals surface area contributed by atoms with Crippen molar-refractivity contribution in [3.8, 4) is 17.0 Å². The van der Waals surface area contributed by atoms with Gasteiger partial charge in [-0.15, -0.1) is 11.3 Å². The van der Waals surface area contributed by atoms with Crippen molar-refractivity contribution >= 4 is 28.3 Å². The Morgan fingerprint density at radius 2 is 1.91 bits per heavy atom. The highest BCUT2D eigenvalue weighted by atomic mass is 32.1. The molecule has 3 aliphatic rings. The molecule has 3 aromatic rings. The lowest BCUT2D eigenvalue weighted by molar-refractivity contribution is -0.607. The molecule has 240 valence electrons. The molecule has 2 amide bonds. The first-order chi connectivity index (χ1) is 22.0. The van der Waals surface area contributed by atoms with Crippen LogP contribution in [-0.2, 0) is 0 Å². The number of nitrogens with zero attached hydrogens (tertiary/aromatic N) is 4. The number of piperazine rings is 1. The molecule has 12 heteroatoms. The zero-order valence-electron chi connectivity index (χ0n) is 25.9. The van der Waals surface area contributed by atoms with E-state index in [1.54, 1.807) is 25.3 Å². The molecule has 11 nitrogen and oxygen atoms in total. The Morgan fingerprint density at radius 1 is 1.09 bits per heavy atom. The SMILES string of the molecule is COc1ccc(C2CCCCC2)cc1-c1csc(NC(=O)NN2CCN(C(C(=O)c3cccc[n+]3[O-])C3CCCNC3)CC2)n1. The molecule has 3 N–H and O–H groups in total. The standard InChI is InChI=1S/C33H43N7O4S/c1-44-29-13-12-24(23-8-3-2-4-9-23)20-26(29)27-22-45-33(35-27)36-32(42)37-39-18-16-38(17-19-39)30(25-10-7-14-34-21-25)31(41)28-11-5-6-15-40(28)43/h5-6,11-13,15,20,22-23,25,30,34H,2-4,7-10,14,16-19,21H2,1H3,(H2,35,36,37,42). The first-order valence-electron chi connectivity index (χ1n) is 16.1. The predicted molar refractivity (Wildman–Crippen MR) is 174 cm³/mol. The van der Waals surface area contributed by atoms with Crippen LogP contribution in [0, 0.1) is 11.1 Å². The number of pyridine rings is 1. The van der Waals surface area contributed by atoms with Gasteiger partial charge in [-0.2, -0.15) is 4.73 Å². The summed E-state index contributed by atoms with van der Waals surface area (Å²) in [5, 5.41) is 23.1. The normalized spacial score (nSPS) is 20.8. The zero-order valence-corrected chi connectivity index (χ0v) is 26.7. The molecule has 1 saturated carbocycles. The van der Waals surface area contributed by atoms with Gasteiger partial charge in [0.05, 0.1) is 18.8 Å². The molecule has 6 rings (SSSR count). The van der Waals surface area contributed by atoms with E-state index in [0.29, 0.717) is 42.0 Å². The first kappa shape index (κ1) is 31.4. The summed E-state index contributed by atoms with van der Waals surface area (Å²) in [5.41, 5.74) is 6.17. The molecule has 2 aliphatic heterocycles. The number of piperidine rings is 1. The smallest absolute Gasteiger partial charge is 0.335 e. The van der Waals surface area contributed by atoms with Crippen LogP contribution in [0.3, 0.4) is 0 Å². The number of anilines is 1. The summed E-state index contributed by atoms with van der Waals surface area (Å²) >= 11 is 1.38. The summed E-state index contributed by atoms with van der Waals surface area (Å²) in [7, 11) is 1.67. The molecule has 1 aromatic carbocycles. The minimum atomic E-state index is -0.390. The van der Waals surface area contributed by atoms with Gasteiger partial charge in [-0.25, -0.2) is 14.8 Å². The third-order valence-electron chi connectivity index (χ3n) is 9.39. The third kappa shape index (κ3) is 7.46. The largest absolute Gasteiger partial charge is 0.618 e. The number of hydrazine groups is 1. The van der Waals surface area contributed by atoms with Crippen molar-refractivity contribution < 1.29 is 19.1 Å². The molecule has 1 aliphatic carbocycles. The number of rotatable bonds is 9.